The summed E-state index contributed by atoms with van der Waals surface area (Å²) in [7, 11) is -3.75. The fraction of sp³-hybridized carbons (Fsp3) is 0.400. The largest absolute Gasteiger partial charge is 0.477 e. The van der Waals surface area contributed by atoms with E-state index in [1.54, 1.807) is 12.1 Å². The molecule has 1 saturated carbocycles. The molecule has 0 unspecified atom stereocenters. The number of carboxylic acids is 1. The third-order valence-corrected chi connectivity index (χ3v) is 6.96. The first-order chi connectivity index (χ1) is 11.0. The number of thiophene rings is 1. The lowest BCUT2D eigenvalue weighted by atomic mass is 10.2. The number of furan rings is 1. The number of aromatic carboxylic acids is 1. The molecule has 0 aliphatic heterocycles. The summed E-state index contributed by atoms with van der Waals surface area (Å²) < 4.78 is 32.7. The topological polar surface area (TPSA) is 87.8 Å². The molecule has 0 bridgehead atoms. The molecule has 0 amide bonds. The standard InChI is InChI=1S/C15H17NO5S2/c17-15(18)14-8-13(10-22-14)23(19,20)16(11-4-1-2-5-11)9-12-6-3-7-21-12/h3,6-8,10-11H,1-2,4-5,9H2,(H,17,18). The Hall–Kier alpha value is -1.64. The van der Waals surface area contributed by atoms with Crippen LogP contribution in [0.15, 0.2) is 39.2 Å². The third-order valence-electron chi connectivity index (χ3n) is 4.02. The van der Waals surface area contributed by atoms with Crippen molar-refractivity contribution >= 4 is 27.3 Å². The summed E-state index contributed by atoms with van der Waals surface area (Å²) in [5, 5.41) is 10.4. The van der Waals surface area contributed by atoms with Crippen molar-refractivity contribution in [1.29, 1.82) is 0 Å². The highest BCUT2D eigenvalue weighted by atomic mass is 32.2. The van der Waals surface area contributed by atoms with Gasteiger partial charge in [-0.2, -0.15) is 4.31 Å². The molecule has 2 aromatic heterocycles. The monoisotopic (exact) mass is 355 g/mol. The Kier molecular flexibility index (Phi) is 4.56. The summed E-state index contributed by atoms with van der Waals surface area (Å²) in [6, 6.07) is 4.63. The van der Waals surface area contributed by atoms with Crippen LogP contribution in [0.2, 0.25) is 0 Å². The zero-order valence-electron chi connectivity index (χ0n) is 12.3. The van der Waals surface area contributed by atoms with Crippen molar-refractivity contribution in [2.75, 3.05) is 0 Å². The van der Waals surface area contributed by atoms with Gasteiger partial charge >= 0.3 is 5.97 Å². The van der Waals surface area contributed by atoms with E-state index < -0.39 is 16.0 Å². The molecular formula is C15H17NO5S2. The number of hydrogen-bond donors (Lipinski definition) is 1. The summed E-state index contributed by atoms with van der Waals surface area (Å²) in [5.74, 6) is -0.538. The SMILES string of the molecule is O=C(O)c1cc(S(=O)(=O)N(Cc2ccco2)C2CCCC2)cs1. The van der Waals surface area contributed by atoms with Gasteiger partial charge in [-0.05, 0) is 31.0 Å². The van der Waals surface area contributed by atoms with Crippen LogP contribution in [0.4, 0.5) is 0 Å². The Bertz CT molecular complexity index is 773. The normalized spacial score (nSPS) is 16.2. The highest BCUT2D eigenvalue weighted by Gasteiger charge is 2.34. The van der Waals surface area contributed by atoms with E-state index >= 15 is 0 Å². The van der Waals surface area contributed by atoms with Crippen molar-refractivity contribution in [2.45, 2.75) is 43.2 Å². The highest BCUT2D eigenvalue weighted by molar-refractivity contribution is 7.89. The van der Waals surface area contributed by atoms with Gasteiger partial charge in [-0.3, -0.25) is 0 Å². The molecule has 1 N–H and O–H groups in total. The molecular weight excluding hydrogens is 338 g/mol. The van der Waals surface area contributed by atoms with Crippen LogP contribution >= 0.6 is 11.3 Å². The fourth-order valence-electron chi connectivity index (χ4n) is 2.86. The lowest BCUT2D eigenvalue weighted by molar-refractivity contribution is 0.0702. The van der Waals surface area contributed by atoms with Gasteiger partial charge in [-0.25, -0.2) is 13.2 Å². The summed E-state index contributed by atoms with van der Waals surface area (Å²) in [5.41, 5.74) is 0. The van der Waals surface area contributed by atoms with E-state index in [4.69, 9.17) is 9.52 Å². The second kappa shape index (κ2) is 6.46. The minimum atomic E-state index is -3.75. The number of sulfonamides is 1. The fourth-order valence-corrected chi connectivity index (χ4v) is 5.61. The number of carbonyl (C=O) groups is 1. The summed E-state index contributed by atoms with van der Waals surface area (Å²) in [6.07, 6.45) is 5.14. The quantitative estimate of drug-likeness (QED) is 0.860. The van der Waals surface area contributed by atoms with Crippen LogP contribution in [0.1, 0.15) is 41.1 Å². The van der Waals surface area contributed by atoms with Gasteiger partial charge in [0.1, 0.15) is 10.6 Å². The lowest BCUT2D eigenvalue weighted by Crippen LogP contribution is -2.38. The second-order valence-electron chi connectivity index (χ2n) is 5.52. The average Bonchev–Trinajstić information content (AvgIpc) is 3.24. The summed E-state index contributed by atoms with van der Waals surface area (Å²) in [4.78, 5) is 11.1. The Morgan fingerprint density at radius 1 is 1.39 bits per heavy atom. The zero-order valence-corrected chi connectivity index (χ0v) is 14.0. The predicted molar refractivity (Wildman–Crippen MR) is 85.0 cm³/mol. The maximum Gasteiger partial charge on any atom is 0.345 e. The van der Waals surface area contributed by atoms with Crippen LogP contribution < -0.4 is 0 Å². The smallest absolute Gasteiger partial charge is 0.345 e. The van der Waals surface area contributed by atoms with Crippen molar-refractivity contribution in [3.8, 4) is 0 Å². The van der Waals surface area contributed by atoms with Crippen molar-refractivity contribution in [2.24, 2.45) is 0 Å². The van der Waals surface area contributed by atoms with Crippen molar-refractivity contribution < 1.29 is 22.7 Å². The van der Waals surface area contributed by atoms with Gasteiger partial charge in [0.25, 0.3) is 0 Å². The molecule has 1 fully saturated rings. The Morgan fingerprint density at radius 2 is 2.13 bits per heavy atom. The average molecular weight is 355 g/mol. The molecule has 6 nitrogen and oxygen atoms in total. The molecule has 23 heavy (non-hydrogen) atoms. The molecule has 2 heterocycles. The molecule has 0 aromatic carbocycles. The molecule has 0 radical (unpaired) electrons. The number of carboxylic acid groups (broad SMARTS) is 1. The van der Waals surface area contributed by atoms with Gasteiger partial charge in [-0.1, -0.05) is 12.8 Å². The predicted octanol–water partition coefficient (Wildman–Crippen LogP) is 3.17. The van der Waals surface area contributed by atoms with Gasteiger partial charge in [0.2, 0.25) is 10.0 Å². The summed E-state index contributed by atoms with van der Waals surface area (Å²) >= 11 is 0.924. The molecule has 0 spiro atoms. The number of nitrogens with zero attached hydrogens (tertiary/aromatic N) is 1. The molecule has 1 aliphatic carbocycles. The Morgan fingerprint density at radius 3 is 2.70 bits per heavy atom. The molecule has 124 valence electrons. The van der Waals surface area contributed by atoms with E-state index in [9.17, 15) is 13.2 Å². The van der Waals surface area contributed by atoms with Crippen LogP contribution in [0.5, 0.6) is 0 Å². The minimum Gasteiger partial charge on any atom is -0.477 e. The van der Waals surface area contributed by atoms with Crippen molar-refractivity contribution in [3.05, 3.63) is 40.5 Å². The molecule has 0 atom stereocenters. The van der Waals surface area contributed by atoms with Crippen molar-refractivity contribution in [3.63, 3.8) is 0 Å². The van der Waals surface area contributed by atoms with Crippen LogP contribution in [0.25, 0.3) is 0 Å². The van der Waals surface area contributed by atoms with E-state index in [-0.39, 0.29) is 22.4 Å². The van der Waals surface area contributed by atoms with Crippen LogP contribution in [0, 0.1) is 0 Å². The van der Waals surface area contributed by atoms with Gasteiger partial charge in [-0.15, -0.1) is 11.3 Å². The summed E-state index contributed by atoms with van der Waals surface area (Å²) in [6.45, 7) is 0.165. The molecule has 1 aliphatic rings. The first-order valence-corrected chi connectivity index (χ1v) is 9.66. The number of hydrogen-bond acceptors (Lipinski definition) is 5. The molecule has 3 rings (SSSR count). The van der Waals surface area contributed by atoms with Crippen LogP contribution in [0.3, 0.4) is 0 Å². The zero-order chi connectivity index (χ0) is 16.4. The van der Waals surface area contributed by atoms with E-state index in [0.717, 1.165) is 37.0 Å². The third kappa shape index (κ3) is 3.34. The van der Waals surface area contributed by atoms with Gasteiger partial charge in [0.15, 0.2) is 0 Å². The van der Waals surface area contributed by atoms with Gasteiger partial charge in [0.05, 0.1) is 17.7 Å². The maximum atomic E-state index is 13.0. The van der Waals surface area contributed by atoms with E-state index in [0.29, 0.717) is 5.76 Å². The Labute approximate surface area is 138 Å². The first kappa shape index (κ1) is 16.2. The first-order valence-electron chi connectivity index (χ1n) is 7.34. The van der Waals surface area contributed by atoms with E-state index in [1.807, 2.05) is 0 Å². The Balaban J connectivity index is 1.94. The van der Waals surface area contributed by atoms with Crippen LogP contribution in [-0.4, -0.2) is 29.8 Å². The highest BCUT2D eigenvalue weighted by Crippen LogP contribution is 2.32. The van der Waals surface area contributed by atoms with Crippen molar-refractivity contribution in [1.82, 2.24) is 4.31 Å². The van der Waals surface area contributed by atoms with E-state index in [2.05, 4.69) is 0 Å². The maximum absolute atomic E-state index is 13.0. The molecule has 0 saturated heterocycles. The number of rotatable bonds is 6. The molecule has 2 aromatic rings. The van der Waals surface area contributed by atoms with Gasteiger partial charge < -0.3 is 9.52 Å². The molecule has 8 heteroatoms. The lowest BCUT2D eigenvalue weighted by Gasteiger charge is -2.26. The van der Waals surface area contributed by atoms with Crippen LogP contribution in [-0.2, 0) is 16.6 Å². The van der Waals surface area contributed by atoms with E-state index in [1.165, 1.54) is 22.0 Å². The second-order valence-corrected chi connectivity index (χ2v) is 8.32. The van der Waals surface area contributed by atoms with Gasteiger partial charge in [0, 0.05) is 11.4 Å². The minimum absolute atomic E-state index is 0.0212.